The van der Waals surface area contributed by atoms with Gasteiger partial charge in [0.25, 0.3) is 5.91 Å². The summed E-state index contributed by atoms with van der Waals surface area (Å²) in [6.45, 7) is 5.47. The van der Waals surface area contributed by atoms with Gasteiger partial charge in [-0.05, 0) is 61.9 Å². The van der Waals surface area contributed by atoms with E-state index >= 15 is 0 Å². The van der Waals surface area contributed by atoms with Crippen molar-refractivity contribution in [2.75, 3.05) is 18.9 Å². The molecule has 1 amide bonds. The molecular formula is C32H30ClN7O2. The number of anilines is 1. The zero-order chi connectivity index (χ0) is 29.7. The van der Waals surface area contributed by atoms with Crippen molar-refractivity contribution in [1.29, 1.82) is 5.26 Å². The molecule has 0 saturated carbocycles. The summed E-state index contributed by atoms with van der Waals surface area (Å²) in [5.41, 5.74) is 14.0. The Labute approximate surface area is 248 Å². The maximum absolute atomic E-state index is 13.3. The van der Waals surface area contributed by atoms with E-state index < -0.39 is 0 Å². The van der Waals surface area contributed by atoms with Gasteiger partial charge in [-0.1, -0.05) is 35.9 Å². The highest BCUT2D eigenvalue weighted by Crippen LogP contribution is 2.39. The first-order valence-corrected chi connectivity index (χ1v) is 14.1. The van der Waals surface area contributed by atoms with Crippen LogP contribution >= 0.6 is 11.6 Å². The molecule has 0 radical (unpaired) electrons. The van der Waals surface area contributed by atoms with Crippen LogP contribution in [-0.4, -0.2) is 38.9 Å². The van der Waals surface area contributed by atoms with Gasteiger partial charge < -0.3 is 24.9 Å². The molecule has 1 atom stereocenters. The second-order valence-corrected chi connectivity index (χ2v) is 11.2. The summed E-state index contributed by atoms with van der Waals surface area (Å²) in [4.78, 5) is 24.9. The van der Waals surface area contributed by atoms with Crippen molar-refractivity contribution in [3.8, 4) is 28.7 Å². The Bertz CT molecular complexity index is 1910. The highest BCUT2D eigenvalue weighted by molar-refractivity contribution is 6.36. The van der Waals surface area contributed by atoms with Crippen molar-refractivity contribution in [3.63, 3.8) is 0 Å². The van der Waals surface area contributed by atoms with Crippen LogP contribution in [0.5, 0.6) is 0 Å². The van der Waals surface area contributed by atoms with Crippen LogP contribution in [0.2, 0.25) is 5.02 Å². The molecule has 3 N–H and O–H groups in total. The summed E-state index contributed by atoms with van der Waals surface area (Å²) in [6, 6.07) is 16.9. The van der Waals surface area contributed by atoms with Crippen LogP contribution in [-0.2, 0) is 20.0 Å². The van der Waals surface area contributed by atoms with Crippen LogP contribution < -0.4 is 11.1 Å². The Morgan fingerprint density at radius 1 is 1.14 bits per heavy atom. The minimum Gasteiger partial charge on any atom is -0.435 e. The van der Waals surface area contributed by atoms with Crippen LogP contribution in [0.4, 0.5) is 5.69 Å². The number of carbonyl (C=O) groups is 1. The average molecular weight is 580 g/mol. The molecule has 5 aromatic rings. The molecule has 42 heavy (non-hydrogen) atoms. The topological polar surface area (TPSA) is 126 Å². The van der Waals surface area contributed by atoms with E-state index in [1.807, 2.05) is 68.9 Å². The van der Waals surface area contributed by atoms with Crippen molar-refractivity contribution in [3.05, 3.63) is 87.5 Å². The third-order valence-electron chi connectivity index (χ3n) is 7.91. The quantitative estimate of drug-likeness (QED) is 0.262. The van der Waals surface area contributed by atoms with E-state index in [1.54, 1.807) is 12.1 Å². The molecule has 212 valence electrons. The predicted molar refractivity (Wildman–Crippen MR) is 163 cm³/mol. The van der Waals surface area contributed by atoms with Crippen LogP contribution in [0.3, 0.4) is 0 Å². The van der Waals surface area contributed by atoms with E-state index in [-0.39, 0.29) is 11.9 Å². The van der Waals surface area contributed by atoms with Crippen LogP contribution in [0.15, 0.2) is 52.9 Å². The van der Waals surface area contributed by atoms with Crippen molar-refractivity contribution in [2.24, 2.45) is 12.8 Å². The molecule has 0 bridgehead atoms. The number of hydrogen-bond acceptors (Lipinski definition) is 7. The minimum absolute atomic E-state index is 0.244. The Morgan fingerprint density at radius 3 is 2.64 bits per heavy atom. The summed E-state index contributed by atoms with van der Waals surface area (Å²) in [7, 11) is 3.92. The smallest absolute Gasteiger partial charge is 0.291 e. The molecule has 0 saturated heterocycles. The predicted octanol–water partition coefficient (Wildman–Crippen LogP) is 5.99. The molecule has 0 spiro atoms. The number of imidazole rings is 1. The lowest BCUT2D eigenvalue weighted by Gasteiger charge is -2.21. The van der Waals surface area contributed by atoms with E-state index in [2.05, 4.69) is 21.3 Å². The fraction of sp³-hybridized carbons (Fsp3) is 0.250. The van der Waals surface area contributed by atoms with Gasteiger partial charge in [-0.15, -0.1) is 0 Å². The Kier molecular flexibility index (Phi) is 7.07. The maximum atomic E-state index is 13.3. The first-order chi connectivity index (χ1) is 20.2. The third kappa shape index (κ3) is 4.73. The maximum Gasteiger partial charge on any atom is 0.291 e. The molecule has 0 fully saturated rings. The lowest BCUT2D eigenvalue weighted by atomic mass is 9.96. The fourth-order valence-electron chi connectivity index (χ4n) is 5.55. The molecule has 3 heterocycles. The number of rotatable bonds is 5. The Balaban J connectivity index is 1.35. The first kappa shape index (κ1) is 27.7. The summed E-state index contributed by atoms with van der Waals surface area (Å²) in [5, 5.41) is 13.1. The molecule has 3 aromatic carbocycles. The van der Waals surface area contributed by atoms with Crippen molar-refractivity contribution in [1.82, 2.24) is 19.4 Å². The molecule has 10 heteroatoms. The summed E-state index contributed by atoms with van der Waals surface area (Å²) < 4.78 is 7.99. The zero-order valence-electron chi connectivity index (χ0n) is 23.8. The number of carbonyl (C=O) groups excluding carboxylic acids is 1. The molecule has 1 aliphatic rings. The number of benzene rings is 3. The van der Waals surface area contributed by atoms with Crippen LogP contribution in [0.1, 0.15) is 51.7 Å². The number of hydrogen-bond donors (Lipinski definition) is 2. The molecule has 2 aromatic heterocycles. The number of nitrogens with one attached hydrogen (secondary N) is 1. The summed E-state index contributed by atoms with van der Waals surface area (Å²) >= 11 is 6.92. The van der Waals surface area contributed by atoms with Crippen molar-refractivity contribution >= 4 is 34.3 Å². The molecular weight excluding hydrogens is 550 g/mol. The van der Waals surface area contributed by atoms with Crippen molar-refractivity contribution in [2.45, 2.75) is 32.9 Å². The Morgan fingerprint density at radius 2 is 1.88 bits per heavy atom. The fourth-order valence-corrected chi connectivity index (χ4v) is 5.83. The second kappa shape index (κ2) is 10.7. The largest absolute Gasteiger partial charge is 0.435 e. The highest BCUT2D eigenvalue weighted by atomic mass is 35.5. The minimum atomic E-state index is -0.315. The number of aromatic nitrogens is 3. The van der Waals surface area contributed by atoms with E-state index in [0.29, 0.717) is 45.6 Å². The average Bonchev–Trinajstić information content (AvgIpc) is 3.54. The number of likely N-dealkylation sites (N-methyl/N-ethyl adjacent to an activating group) is 1. The molecule has 6 rings (SSSR count). The van der Waals surface area contributed by atoms with Gasteiger partial charge >= 0.3 is 0 Å². The molecule has 9 nitrogen and oxygen atoms in total. The van der Waals surface area contributed by atoms with E-state index in [0.717, 1.165) is 52.2 Å². The number of nitrogens with zero attached hydrogens (tertiary/aromatic N) is 5. The molecule has 0 aliphatic carbocycles. The zero-order valence-corrected chi connectivity index (χ0v) is 24.6. The number of nitriles is 1. The van der Waals surface area contributed by atoms with Gasteiger partial charge in [0.05, 0.1) is 22.0 Å². The number of amides is 1. The number of fused-ring (bicyclic) bond motifs is 2. The SMILES string of the molecule is Cc1c(-c2nc3cc(C(C)N)cc(C#N)c3o2)cccc1-c1cccc(NC(=O)c2nc3c(n2C)CCN(C)C3)c1Cl. The second-order valence-electron chi connectivity index (χ2n) is 10.8. The van der Waals surface area contributed by atoms with Crippen LogP contribution in [0, 0.1) is 18.3 Å². The number of oxazole rings is 1. The lowest BCUT2D eigenvalue weighted by molar-refractivity contribution is 0.101. The highest BCUT2D eigenvalue weighted by Gasteiger charge is 2.25. The van der Waals surface area contributed by atoms with E-state index in [1.165, 1.54) is 0 Å². The van der Waals surface area contributed by atoms with E-state index in [9.17, 15) is 10.1 Å². The normalized spacial score (nSPS) is 14.0. The number of halogens is 1. The standard InChI is InChI=1S/C32H30ClN7O2/c1-17-21(7-5-8-22(17)32-38-25-14-19(18(2)35)13-20(15-34)29(25)42-32)23-9-6-10-24(28(23)33)37-31(41)30-36-26-16-39(3)12-11-27(26)40(30)4/h5-10,13-14,18H,11-12,16,35H2,1-4H3,(H,37,41). The summed E-state index contributed by atoms with van der Waals surface area (Å²) in [6.07, 6.45) is 0.847. The first-order valence-electron chi connectivity index (χ1n) is 13.7. The Hall–Kier alpha value is -4.49. The van der Waals surface area contributed by atoms with Gasteiger partial charge in [0.15, 0.2) is 11.4 Å². The van der Waals surface area contributed by atoms with E-state index in [4.69, 9.17) is 26.7 Å². The lowest BCUT2D eigenvalue weighted by Crippen LogP contribution is -2.27. The van der Waals surface area contributed by atoms with Gasteiger partial charge in [0.2, 0.25) is 5.89 Å². The molecule has 1 aliphatic heterocycles. The summed E-state index contributed by atoms with van der Waals surface area (Å²) in [5.74, 6) is 0.437. The van der Waals surface area contributed by atoms with Gasteiger partial charge in [-0.2, -0.15) is 5.26 Å². The van der Waals surface area contributed by atoms with Gasteiger partial charge in [0.1, 0.15) is 11.6 Å². The third-order valence-corrected chi connectivity index (χ3v) is 8.32. The van der Waals surface area contributed by atoms with Crippen molar-refractivity contribution < 1.29 is 9.21 Å². The molecule has 1 unspecified atom stereocenters. The van der Waals surface area contributed by atoms with Gasteiger partial charge in [-0.25, -0.2) is 9.97 Å². The van der Waals surface area contributed by atoms with Gasteiger partial charge in [0, 0.05) is 49.4 Å². The van der Waals surface area contributed by atoms with Crippen LogP contribution in [0.25, 0.3) is 33.7 Å². The monoisotopic (exact) mass is 579 g/mol. The van der Waals surface area contributed by atoms with Gasteiger partial charge in [-0.3, -0.25) is 4.79 Å². The number of nitrogens with two attached hydrogens (primary N) is 1.